The normalized spacial score (nSPS) is 18.9. The number of carbonyl (C=O) groups is 1. The molecule has 110 valence electrons. The molecule has 1 aliphatic heterocycles. The minimum absolute atomic E-state index is 0.238. The Morgan fingerprint density at radius 2 is 1.85 bits per heavy atom. The molecule has 0 aliphatic carbocycles. The zero-order valence-electron chi connectivity index (χ0n) is 11.8. The van der Waals surface area contributed by atoms with Crippen LogP contribution in [0.5, 0.6) is 0 Å². The molecule has 2 rings (SSSR count). The van der Waals surface area contributed by atoms with E-state index in [-0.39, 0.29) is 6.42 Å². The van der Waals surface area contributed by atoms with Crippen LogP contribution < -0.4 is 0 Å². The van der Waals surface area contributed by atoms with Gasteiger partial charge in [0.2, 0.25) is 0 Å². The topological polar surface area (TPSA) is 43.8 Å². The Kier molecular flexibility index (Phi) is 5.57. The largest absolute Gasteiger partial charge is 0.481 e. The number of aliphatic carboxylic acids is 1. The molecule has 1 saturated heterocycles. The maximum absolute atomic E-state index is 10.6. The third kappa shape index (κ3) is 4.30. The van der Waals surface area contributed by atoms with Gasteiger partial charge in [-0.05, 0) is 24.6 Å². The van der Waals surface area contributed by atoms with Gasteiger partial charge < -0.3 is 10.0 Å². The first kappa shape index (κ1) is 15.5. The van der Waals surface area contributed by atoms with E-state index < -0.39 is 5.97 Å². The fraction of sp³-hybridized carbons (Fsp3) is 0.533. The summed E-state index contributed by atoms with van der Waals surface area (Å²) < 4.78 is 1.10. The lowest BCUT2D eigenvalue weighted by Gasteiger charge is -2.38. The van der Waals surface area contributed by atoms with Gasteiger partial charge in [-0.25, -0.2) is 0 Å². The summed E-state index contributed by atoms with van der Waals surface area (Å²) in [6, 6.07) is 8.88. The van der Waals surface area contributed by atoms with Crippen LogP contribution in [0.3, 0.4) is 0 Å². The average molecular weight is 341 g/mol. The molecule has 1 atom stereocenters. The molecule has 1 N–H and O–H groups in total. The Labute approximate surface area is 128 Å². The second-order valence-corrected chi connectivity index (χ2v) is 6.16. The summed E-state index contributed by atoms with van der Waals surface area (Å²) in [5.74, 6) is -0.712. The first-order chi connectivity index (χ1) is 9.56. The Bertz CT molecular complexity index is 442. The minimum atomic E-state index is -0.712. The highest BCUT2D eigenvalue weighted by molar-refractivity contribution is 9.10. The van der Waals surface area contributed by atoms with Crippen molar-refractivity contribution in [1.82, 2.24) is 9.80 Å². The highest BCUT2D eigenvalue weighted by Crippen LogP contribution is 2.23. The lowest BCUT2D eigenvalue weighted by atomic mass is 10.1. The molecule has 0 amide bonds. The molecule has 20 heavy (non-hydrogen) atoms. The van der Waals surface area contributed by atoms with Crippen molar-refractivity contribution in [3.05, 3.63) is 34.3 Å². The van der Waals surface area contributed by atoms with Crippen LogP contribution in [0.2, 0.25) is 0 Å². The predicted molar refractivity (Wildman–Crippen MR) is 82.8 cm³/mol. The van der Waals surface area contributed by atoms with Gasteiger partial charge in [-0.15, -0.1) is 0 Å². The summed E-state index contributed by atoms with van der Waals surface area (Å²) in [5.41, 5.74) is 1.33. The Balaban J connectivity index is 1.83. The lowest BCUT2D eigenvalue weighted by Crippen LogP contribution is -2.47. The van der Waals surface area contributed by atoms with Gasteiger partial charge in [0.05, 0.1) is 6.42 Å². The van der Waals surface area contributed by atoms with Crippen molar-refractivity contribution in [3.63, 3.8) is 0 Å². The molecule has 1 aromatic rings. The number of hydrogen-bond acceptors (Lipinski definition) is 3. The van der Waals surface area contributed by atoms with Crippen molar-refractivity contribution in [2.75, 3.05) is 32.7 Å². The van der Waals surface area contributed by atoms with E-state index >= 15 is 0 Å². The van der Waals surface area contributed by atoms with Gasteiger partial charge in [0.25, 0.3) is 0 Å². The van der Waals surface area contributed by atoms with Gasteiger partial charge in [0, 0.05) is 43.2 Å². The number of nitrogens with zero attached hydrogens (tertiary/aromatic N) is 2. The molecule has 5 heteroatoms. The van der Waals surface area contributed by atoms with Crippen molar-refractivity contribution in [2.45, 2.75) is 19.4 Å². The van der Waals surface area contributed by atoms with Crippen LogP contribution in [-0.4, -0.2) is 53.6 Å². The number of hydrogen-bond donors (Lipinski definition) is 1. The average Bonchev–Trinajstić information content (AvgIpc) is 2.46. The van der Waals surface area contributed by atoms with Gasteiger partial charge >= 0.3 is 5.97 Å². The van der Waals surface area contributed by atoms with Crippen molar-refractivity contribution < 1.29 is 9.90 Å². The zero-order valence-corrected chi connectivity index (χ0v) is 13.3. The van der Waals surface area contributed by atoms with Crippen LogP contribution in [0.15, 0.2) is 28.7 Å². The summed E-state index contributed by atoms with van der Waals surface area (Å²) in [4.78, 5) is 15.3. The van der Waals surface area contributed by atoms with Crippen molar-refractivity contribution in [2.24, 2.45) is 0 Å². The standard InChI is InChI=1S/C15H21BrN2O2/c1-12(13-2-4-14(16)5-3-13)18-10-8-17(9-11-18)7-6-15(19)20/h2-5,12H,6-11H2,1H3,(H,19,20)/t12-/m1/s1. The fourth-order valence-corrected chi connectivity index (χ4v) is 2.84. The van der Waals surface area contributed by atoms with E-state index in [1.165, 1.54) is 5.56 Å². The molecule has 0 unspecified atom stereocenters. The molecule has 0 radical (unpaired) electrons. The third-order valence-corrected chi connectivity index (χ3v) is 4.48. The number of rotatable bonds is 5. The number of benzene rings is 1. The number of carboxylic acids is 1. The first-order valence-corrected chi connectivity index (χ1v) is 7.79. The van der Waals surface area contributed by atoms with Crippen molar-refractivity contribution >= 4 is 21.9 Å². The molecule has 1 heterocycles. The molecule has 0 spiro atoms. The van der Waals surface area contributed by atoms with E-state index in [1.807, 2.05) is 0 Å². The monoisotopic (exact) mass is 340 g/mol. The molecule has 0 saturated carbocycles. The number of halogens is 1. The minimum Gasteiger partial charge on any atom is -0.481 e. The summed E-state index contributed by atoms with van der Waals surface area (Å²) in [6.07, 6.45) is 0.238. The molecule has 0 aromatic heterocycles. The first-order valence-electron chi connectivity index (χ1n) is 7.00. The molecular formula is C15H21BrN2O2. The molecule has 0 bridgehead atoms. The summed E-state index contributed by atoms with van der Waals surface area (Å²) in [7, 11) is 0. The predicted octanol–water partition coefficient (Wildman–Crippen LogP) is 2.60. The SMILES string of the molecule is C[C@H](c1ccc(Br)cc1)N1CCN(CCC(=O)O)CC1. The van der Waals surface area contributed by atoms with Crippen LogP contribution in [0.25, 0.3) is 0 Å². The number of carboxylic acid groups (broad SMARTS) is 1. The summed E-state index contributed by atoms with van der Waals surface area (Å²) in [6.45, 7) is 6.79. The Morgan fingerprint density at radius 1 is 1.25 bits per heavy atom. The van der Waals surface area contributed by atoms with Crippen molar-refractivity contribution in [1.29, 1.82) is 0 Å². The van der Waals surface area contributed by atoms with Gasteiger partial charge in [-0.3, -0.25) is 9.69 Å². The maximum Gasteiger partial charge on any atom is 0.304 e. The van der Waals surface area contributed by atoms with Crippen molar-refractivity contribution in [3.8, 4) is 0 Å². The van der Waals surface area contributed by atoms with Gasteiger partial charge in [0.15, 0.2) is 0 Å². The zero-order chi connectivity index (χ0) is 14.5. The van der Waals surface area contributed by atoms with Crippen LogP contribution in [0.1, 0.15) is 24.9 Å². The van der Waals surface area contributed by atoms with E-state index in [0.29, 0.717) is 12.6 Å². The highest BCUT2D eigenvalue weighted by atomic mass is 79.9. The van der Waals surface area contributed by atoms with Crippen LogP contribution in [0, 0.1) is 0 Å². The quantitative estimate of drug-likeness (QED) is 0.894. The van der Waals surface area contributed by atoms with Gasteiger partial charge in [-0.1, -0.05) is 28.1 Å². The van der Waals surface area contributed by atoms with Crippen LogP contribution in [-0.2, 0) is 4.79 Å². The maximum atomic E-state index is 10.6. The molecule has 4 nitrogen and oxygen atoms in total. The van der Waals surface area contributed by atoms with E-state index in [4.69, 9.17) is 5.11 Å². The second-order valence-electron chi connectivity index (χ2n) is 5.25. The highest BCUT2D eigenvalue weighted by Gasteiger charge is 2.22. The molecule has 1 aliphatic rings. The fourth-order valence-electron chi connectivity index (χ4n) is 2.58. The molecular weight excluding hydrogens is 320 g/mol. The van der Waals surface area contributed by atoms with E-state index in [0.717, 1.165) is 30.7 Å². The van der Waals surface area contributed by atoms with E-state index in [2.05, 4.69) is 56.9 Å². The Hall–Kier alpha value is -0.910. The Morgan fingerprint density at radius 3 is 2.40 bits per heavy atom. The van der Waals surface area contributed by atoms with E-state index in [9.17, 15) is 4.79 Å². The van der Waals surface area contributed by atoms with Crippen LogP contribution in [0.4, 0.5) is 0 Å². The summed E-state index contributed by atoms with van der Waals surface area (Å²) >= 11 is 3.46. The molecule has 1 aromatic carbocycles. The van der Waals surface area contributed by atoms with Gasteiger partial charge in [0.1, 0.15) is 0 Å². The van der Waals surface area contributed by atoms with E-state index in [1.54, 1.807) is 0 Å². The smallest absolute Gasteiger partial charge is 0.304 e. The lowest BCUT2D eigenvalue weighted by molar-refractivity contribution is -0.137. The van der Waals surface area contributed by atoms with Crippen LogP contribution >= 0.6 is 15.9 Å². The summed E-state index contributed by atoms with van der Waals surface area (Å²) in [5, 5.41) is 8.71. The van der Waals surface area contributed by atoms with Gasteiger partial charge in [-0.2, -0.15) is 0 Å². The second kappa shape index (κ2) is 7.20. The number of piperazine rings is 1. The molecule has 1 fully saturated rings. The third-order valence-electron chi connectivity index (χ3n) is 3.95.